The van der Waals surface area contributed by atoms with Gasteiger partial charge in [0.1, 0.15) is 0 Å². The molecule has 0 radical (unpaired) electrons. The lowest BCUT2D eigenvalue weighted by molar-refractivity contribution is 0.174. The van der Waals surface area contributed by atoms with Gasteiger partial charge in [-0.25, -0.2) is 0 Å². The summed E-state index contributed by atoms with van der Waals surface area (Å²) in [6.07, 6.45) is 0.357. The van der Waals surface area contributed by atoms with Crippen molar-refractivity contribution in [3.8, 4) is 11.5 Å². The number of nitrogens with one attached hydrogen (secondary N) is 1. The second-order valence-electron chi connectivity index (χ2n) is 5.51. The van der Waals surface area contributed by atoms with Crippen LogP contribution in [0.2, 0.25) is 5.02 Å². The van der Waals surface area contributed by atoms with E-state index in [0.717, 1.165) is 17.5 Å². The Morgan fingerprint density at radius 3 is 2.62 bits per heavy atom. The summed E-state index contributed by atoms with van der Waals surface area (Å²) in [5, 5.41) is 13.9. The SMILES string of the molecule is CCCOc1c(Cl)cc(CNC[C@H](O)c2ccccc2)cc1OC. The van der Waals surface area contributed by atoms with E-state index in [1.807, 2.05) is 49.4 Å². The molecule has 4 nitrogen and oxygen atoms in total. The molecule has 0 spiro atoms. The summed E-state index contributed by atoms with van der Waals surface area (Å²) in [4.78, 5) is 0. The van der Waals surface area contributed by atoms with Gasteiger partial charge in [0.25, 0.3) is 0 Å². The van der Waals surface area contributed by atoms with Crippen LogP contribution in [-0.4, -0.2) is 25.4 Å². The van der Waals surface area contributed by atoms with Gasteiger partial charge in [-0.3, -0.25) is 0 Å². The number of methoxy groups -OCH3 is 1. The zero-order valence-electron chi connectivity index (χ0n) is 14.1. The standard InChI is InChI=1S/C19H24ClNO3/c1-3-9-24-19-16(20)10-14(11-18(19)23-2)12-21-13-17(22)15-7-5-4-6-8-15/h4-8,10-11,17,21-22H,3,9,12-13H2,1-2H3/t17-/m0/s1. The fourth-order valence-corrected chi connectivity index (χ4v) is 2.65. The molecule has 0 aromatic heterocycles. The number of benzene rings is 2. The van der Waals surface area contributed by atoms with Crippen molar-refractivity contribution >= 4 is 11.6 Å². The summed E-state index contributed by atoms with van der Waals surface area (Å²) in [5.74, 6) is 1.20. The predicted octanol–water partition coefficient (Wildman–Crippen LogP) is 3.96. The van der Waals surface area contributed by atoms with Crippen LogP contribution >= 0.6 is 11.6 Å². The van der Waals surface area contributed by atoms with Gasteiger partial charge in [0.15, 0.2) is 11.5 Å². The van der Waals surface area contributed by atoms with Gasteiger partial charge < -0.3 is 19.9 Å². The zero-order chi connectivity index (χ0) is 17.4. The Kier molecular flexibility index (Phi) is 7.37. The Hall–Kier alpha value is -1.75. The Morgan fingerprint density at radius 1 is 1.21 bits per heavy atom. The molecular formula is C19H24ClNO3. The van der Waals surface area contributed by atoms with Crippen LogP contribution in [0.25, 0.3) is 0 Å². The first-order valence-corrected chi connectivity index (χ1v) is 8.46. The highest BCUT2D eigenvalue weighted by molar-refractivity contribution is 6.32. The van der Waals surface area contributed by atoms with E-state index in [0.29, 0.717) is 36.2 Å². The van der Waals surface area contributed by atoms with Gasteiger partial charge in [-0.05, 0) is 29.7 Å². The maximum atomic E-state index is 10.2. The van der Waals surface area contributed by atoms with Gasteiger partial charge in [-0.15, -0.1) is 0 Å². The highest BCUT2D eigenvalue weighted by Crippen LogP contribution is 2.36. The lowest BCUT2D eigenvalue weighted by atomic mass is 10.1. The summed E-state index contributed by atoms with van der Waals surface area (Å²) in [6, 6.07) is 13.3. The molecule has 2 aromatic carbocycles. The normalized spacial score (nSPS) is 12.0. The van der Waals surface area contributed by atoms with Crippen molar-refractivity contribution < 1.29 is 14.6 Å². The third-order valence-corrected chi connectivity index (χ3v) is 3.87. The van der Waals surface area contributed by atoms with Crippen LogP contribution in [0.1, 0.15) is 30.6 Å². The van der Waals surface area contributed by atoms with E-state index in [4.69, 9.17) is 21.1 Å². The lowest BCUT2D eigenvalue weighted by Crippen LogP contribution is -2.21. The Bertz CT molecular complexity index is 634. The van der Waals surface area contributed by atoms with Crippen LogP contribution in [0, 0.1) is 0 Å². The molecule has 2 rings (SSSR count). The molecule has 0 heterocycles. The summed E-state index contributed by atoms with van der Waals surface area (Å²) in [6.45, 7) is 3.67. The molecule has 0 fully saturated rings. The second kappa shape index (κ2) is 9.52. The van der Waals surface area contributed by atoms with Gasteiger partial charge in [0.2, 0.25) is 0 Å². The molecule has 5 heteroatoms. The summed E-state index contributed by atoms with van der Waals surface area (Å²) in [7, 11) is 1.60. The van der Waals surface area contributed by atoms with Crippen molar-refractivity contribution in [3.63, 3.8) is 0 Å². The first-order chi connectivity index (χ1) is 11.7. The zero-order valence-corrected chi connectivity index (χ0v) is 14.8. The highest BCUT2D eigenvalue weighted by Gasteiger charge is 2.12. The Labute approximate surface area is 148 Å². The molecule has 24 heavy (non-hydrogen) atoms. The maximum absolute atomic E-state index is 10.2. The van der Waals surface area contributed by atoms with E-state index in [1.165, 1.54) is 0 Å². The van der Waals surface area contributed by atoms with Gasteiger partial charge in [0, 0.05) is 13.1 Å². The fourth-order valence-electron chi connectivity index (χ4n) is 2.37. The van der Waals surface area contributed by atoms with Gasteiger partial charge in [-0.2, -0.15) is 0 Å². The average Bonchev–Trinajstić information content (AvgIpc) is 2.61. The van der Waals surface area contributed by atoms with Crippen molar-refractivity contribution in [2.45, 2.75) is 26.0 Å². The molecule has 0 bridgehead atoms. The number of halogens is 1. The van der Waals surface area contributed by atoms with E-state index in [2.05, 4.69) is 5.32 Å². The summed E-state index contributed by atoms with van der Waals surface area (Å²) >= 11 is 6.30. The maximum Gasteiger partial charge on any atom is 0.179 e. The topological polar surface area (TPSA) is 50.7 Å². The minimum absolute atomic E-state index is 0.456. The van der Waals surface area contributed by atoms with Crippen LogP contribution in [0.3, 0.4) is 0 Å². The third kappa shape index (κ3) is 5.13. The van der Waals surface area contributed by atoms with Crippen LogP contribution in [0.15, 0.2) is 42.5 Å². The molecule has 0 aliphatic heterocycles. The number of rotatable bonds is 9. The summed E-state index contributed by atoms with van der Waals surface area (Å²) in [5.41, 5.74) is 1.87. The van der Waals surface area contributed by atoms with Gasteiger partial charge >= 0.3 is 0 Å². The Balaban J connectivity index is 1.96. The number of aliphatic hydroxyl groups excluding tert-OH is 1. The summed E-state index contributed by atoms with van der Waals surface area (Å²) < 4.78 is 11.0. The van der Waals surface area contributed by atoms with E-state index < -0.39 is 6.10 Å². The Morgan fingerprint density at radius 2 is 1.96 bits per heavy atom. The molecule has 1 atom stereocenters. The molecule has 0 unspecified atom stereocenters. The molecule has 0 aliphatic carbocycles. The van der Waals surface area contributed by atoms with Crippen molar-refractivity contribution in [2.24, 2.45) is 0 Å². The molecule has 2 aromatic rings. The van der Waals surface area contributed by atoms with Crippen molar-refractivity contribution in [3.05, 3.63) is 58.6 Å². The minimum Gasteiger partial charge on any atom is -0.493 e. The van der Waals surface area contributed by atoms with E-state index in [9.17, 15) is 5.11 Å². The largest absolute Gasteiger partial charge is 0.493 e. The van der Waals surface area contributed by atoms with E-state index in [1.54, 1.807) is 7.11 Å². The van der Waals surface area contributed by atoms with Gasteiger partial charge in [0.05, 0.1) is 24.8 Å². The lowest BCUT2D eigenvalue weighted by Gasteiger charge is -2.15. The molecule has 130 valence electrons. The van der Waals surface area contributed by atoms with Crippen molar-refractivity contribution in [1.29, 1.82) is 0 Å². The van der Waals surface area contributed by atoms with Crippen LogP contribution < -0.4 is 14.8 Å². The second-order valence-corrected chi connectivity index (χ2v) is 5.92. The quantitative estimate of drug-likeness (QED) is 0.719. The van der Waals surface area contributed by atoms with E-state index >= 15 is 0 Å². The first-order valence-electron chi connectivity index (χ1n) is 8.08. The minimum atomic E-state index is -0.546. The third-order valence-electron chi connectivity index (χ3n) is 3.59. The molecule has 0 amide bonds. The monoisotopic (exact) mass is 349 g/mol. The van der Waals surface area contributed by atoms with Gasteiger partial charge in [-0.1, -0.05) is 48.9 Å². The molecule has 2 N–H and O–H groups in total. The number of hydrogen-bond acceptors (Lipinski definition) is 4. The molecule has 0 saturated carbocycles. The average molecular weight is 350 g/mol. The van der Waals surface area contributed by atoms with Crippen molar-refractivity contribution in [2.75, 3.05) is 20.3 Å². The van der Waals surface area contributed by atoms with Crippen LogP contribution in [-0.2, 0) is 6.54 Å². The number of hydrogen-bond donors (Lipinski definition) is 2. The van der Waals surface area contributed by atoms with Crippen molar-refractivity contribution in [1.82, 2.24) is 5.32 Å². The first kappa shape index (κ1) is 18.6. The van der Waals surface area contributed by atoms with Crippen LogP contribution in [0.5, 0.6) is 11.5 Å². The van der Waals surface area contributed by atoms with E-state index in [-0.39, 0.29) is 0 Å². The van der Waals surface area contributed by atoms with Crippen LogP contribution in [0.4, 0.5) is 0 Å². The molecule has 0 saturated heterocycles. The highest BCUT2D eigenvalue weighted by atomic mass is 35.5. The number of aliphatic hydroxyl groups is 1. The fraction of sp³-hybridized carbons (Fsp3) is 0.368. The number of ether oxygens (including phenoxy) is 2. The smallest absolute Gasteiger partial charge is 0.179 e. The predicted molar refractivity (Wildman–Crippen MR) is 96.9 cm³/mol. The molecule has 0 aliphatic rings. The molecular weight excluding hydrogens is 326 g/mol.